The van der Waals surface area contributed by atoms with Crippen LogP contribution < -0.4 is 0 Å². The lowest BCUT2D eigenvalue weighted by Crippen LogP contribution is -2.49. The molecule has 1 fully saturated rings. The average Bonchev–Trinajstić information content (AvgIpc) is 2.54. The maximum absolute atomic E-state index is 12.7. The Balaban J connectivity index is 1.62. The number of amides is 1. The van der Waals surface area contributed by atoms with Gasteiger partial charge in [-0.1, -0.05) is 19.9 Å². The van der Waals surface area contributed by atoms with Gasteiger partial charge in [0.2, 0.25) is 0 Å². The summed E-state index contributed by atoms with van der Waals surface area (Å²) in [6, 6.07) is 6.36. The highest BCUT2D eigenvalue weighted by Gasteiger charge is 2.23. The van der Waals surface area contributed by atoms with E-state index in [1.54, 1.807) is 0 Å². The summed E-state index contributed by atoms with van der Waals surface area (Å²) in [6.45, 7) is 9.39. The molecule has 22 heavy (non-hydrogen) atoms. The molecule has 0 N–H and O–H groups in total. The molecule has 3 nitrogen and oxygen atoms in total. The minimum Gasteiger partial charge on any atom is -0.336 e. The molecular weight excluding hydrogens is 272 g/mol. The standard InChI is InChI=1S/C19H28N2O/c1-15(2)14-20-9-11-21(12-10-20)19(22)18-8-7-16-5-3-4-6-17(16)13-18/h7-8,13,15H,3-6,9-12,14H2,1-2H3. The predicted octanol–water partition coefficient (Wildman–Crippen LogP) is 2.98. The zero-order valence-corrected chi connectivity index (χ0v) is 14.0. The van der Waals surface area contributed by atoms with Crippen LogP contribution in [0.25, 0.3) is 0 Å². The smallest absolute Gasteiger partial charge is 0.253 e. The number of hydrogen-bond donors (Lipinski definition) is 0. The van der Waals surface area contributed by atoms with Crippen molar-refractivity contribution in [3.8, 4) is 0 Å². The predicted molar refractivity (Wildman–Crippen MR) is 90.3 cm³/mol. The first kappa shape index (κ1) is 15.5. The number of nitrogens with zero attached hydrogens (tertiary/aromatic N) is 2. The number of benzene rings is 1. The molecule has 2 aliphatic rings. The lowest BCUT2D eigenvalue weighted by molar-refractivity contribution is 0.0623. The highest BCUT2D eigenvalue weighted by atomic mass is 16.2. The Kier molecular flexibility index (Phi) is 4.82. The third-order valence-electron chi connectivity index (χ3n) is 4.88. The van der Waals surface area contributed by atoms with Gasteiger partial charge in [0.15, 0.2) is 0 Å². The van der Waals surface area contributed by atoms with Crippen molar-refractivity contribution >= 4 is 5.91 Å². The second-order valence-corrected chi connectivity index (χ2v) is 7.18. The molecule has 1 aliphatic carbocycles. The third-order valence-corrected chi connectivity index (χ3v) is 4.88. The molecule has 1 heterocycles. The third kappa shape index (κ3) is 3.52. The highest BCUT2D eigenvalue weighted by Crippen LogP contribution is 2.23. The maximum Gasteiger partial charge on any atom is 0.253 e. The van der Waals surface area contributed by atoms with E-state index in [9.17, 15) is 4.79 Å². The fraction of sp³-hybridized carbons (Fsp3) is 0.632. The molecule has 1 aromatic carbocycles. The van der Waals surface area contributed by atoms with E-state index in [4.69, 9.17) is 0 Å². The van der Waals surface area contributed by atoms with Crippen molar-refractivity contribution in [2.24, 2.45) is 5.92 Å². The molecule has 1 saturated heterocycles. The highest BCUT2D eigenvalue weighted by molar-refractivity contribution is 5.94. The van der Waals surface area contributed by atoms with Gasteiger partial charge in [-0.05, 0) is 54.9 Å². The van der Waals surface area contributed by atoms with Gasteiger partial charge in [0.1, 0.15) is 0 Å². The van der Waals surface area contributed by atoms with Gasteiger partial charge < -0.3 is 4.90 Å². The minimum atomic E-state index is 0.220. The Hall–Kier alpha value is -1.35. The maximum atomic E-state index is 12.7. The normalized spacial score (nSPS) is 19.3. The number of piperazine rings is 1. The van der Waals surface area contributed by atoms with Crippen LogP contribution >= 0.6 is 0 Å². The topological polar surface area (TPSA) is 23.6 Å². The van der Waals surface area contributed by atoms with Gasteiger partial charge in [-0.15, -0.1) is 0 Å². The van der Waals surface area contributed by atoms with Crippen LogP contribution in [0.3, 0.4) is 0 Å². The zero-order chi connectivity index (χ0) is 15.5. The molecular formula is C19H28N2O. The first-order valence-electron chi connectivity index (χ1n) is 8.77. The van der Waals surface area contributed by atoms with Crippen molar-refractivity contribution in [3.05, 3.63) is 34.9 Å². The SMILES string of the molecule is CC(C)CN1CCN(C(=O)c2ccc3c(c2)CCCC3)CC1. The number of carbonyl (C=O) groups is 1. The Morgan fingerprint density at radius 1 is 1.05 bits per heavy atom. The number of aryl methyl sites for hydroxylation is 2. The van der Waals surface area contributed by atoms with Crippen molar-refractivity contribution in [1.82, 2.24) is 9.80 Å². The summed E-state index contributed by atoms with van der Waals surface area (Å²) in [4.78, 5) is 17.2. The quantitative estimate of drug-likeness (QED) is 0.857. The summed E-state index contributed by atoms with van der Waals surface area (Å²) in [6.07, 6.45) is 4.87. The van der Waals surface area contributed by atoms with Crippen LogP contribution in [-0.4, -0.2) is 48.4 Å². The zero-order valence-electron chi connectivity index (χ0n) is 14.0. The first-order valence-corrected chi connectivity index (χ1v) is 8.77. The van der Waals surface area contributed by atoms with E-state index >= 15 is 0 Å². The number of carbonyl (C=O) groups excluding carboxylic acids is 1. The van der Waals surface area contributed by atoms with E-state index < -0.39 is 0 Å². The molecule has 0 spiro atoms. The monoisotopic (exact) mass is 300 g/mol. The summed E-state index contributed by atoms with van der Waals surface area (Å²) in [7, 11) is 0. The van der Waals surface area contributed by atoms with E-state index in [1.807, 2.05) is 11.0 Å². The Morgan fingerprint density at radius 3 is 2.41 bits per heavy atom. The van der Waals surface area contributed by atoms with Gasteiger partial charge >= 0.3 is 0 Å². The summed E-state index contributed by atoms with van der Waals surface area (Å²) >= 11 is 0. The average molecular weight is 300 g/mol. The first-order chi connectivity index (χ1) is 10.6. The molecule has 0 aromatic heterocycles. The van der Waals surface area contributed by atoms with Crippen molar-refractivity contribution in [3.63, 3.8) is 0 Å². The van der Waals surface area contributed by atoms with E-state index in [0.717, 1.165) is 44.7 Å². The fourth-order valence-electron chi connectivity index (χ4n) is 3.70. The number of fused-ring (bicyclic) bond motifs is 1. The molecule has 0 unspecified atom stereocenters. The second kappa shape index (κ2) is 6.82. The molecule has 0 atom stereocenters. The molecule has 0 radical (unpaired) electrons. The van der Waals surface area contributed by atoms with E-state index in [-0.39, 0.29) is 5.91 Å². The van der Waals surface area contributed by atoms with E-state index in [0.29, 0.717) is 5.92 Å². The van der Waals surface area contributed by atoms with Gasteiger partial charge in [-0.3, -0.25) is 9.69 Å². The van der Waals surface area contributed by atoms with Gasteiger partial charge in [-0.25, -0.2) is 0 Å². The van der Waals surface area contributed by atoms with Crippen molar-refractivity contribution in [1.29, 1.82) is 0 Å². The number of rotatable bonds is 3. The lowest BCUT2D eigenvalue weighted by Gasteiger charge is -2.35. The summed E-state index contributed by atoms with van der Waals surface area (Å²) in [5, 5.41) is 0. The van der Waals surface area contributed by atoms with E-state index in [2.05, 4.69) is 30.9 Å². The Bertz CT molecular complexity index is 530. The van der Waals surface area contributed by atoms with Gasteiger partial charge in [0.25, 0.3) is 5.91 Å². The molecule has 3 rings (SSSR count). The largest absolute Gasteiger partial charge is 0.336 e. The van der Waals surface area contributed by atoms with Crippen LogP contribution in [0.4, 0.5) is 0 Å². The van der Waals surface area contributed by atoms with Gasteiger partial charge in [0.05, 0.1) is 0 Å². The molecule has 0 bridgehead atoms. The summed E-state index contributed by atoms with van der Waals surface area (Å²) < 4.78 is 0. The lowest BCUT2D eigenvalue weighted by atomic mass is 9.90. The van der Waals surface area contributed by atoms with Crippen molar-refractivity contribution in [2.45, 2.75) is 39.5 Å². The van der Waals surface area contributed by atoms with Crippen LogP contribution in [0, 0.1) is 5.92 Å². The Labute approximate surface area is 134 Å². The summed E-state index contributed by atoms with van der Waals surface area (Å²) in [5.41, 5.74) is 3.73. The van der Waals surface area contributed by atoms with Crippen molar-refractivity contribution in [2.75, 3.05) is 32.7 Å². The molecule has 1 aliphatic heterocycles. The van der Waals surface area contributed by atoms with Crippen LogP contribution in [0.2, 0.25) is 0 Å². The molecule has 0 saturated carbocycles. The van der Waals surface area contributed by atoms with Gasteiger partial charge in [0, 0.05) is 38.3 Å². The number of hydrogen-bond acceptors (Lipinski definition) is 2. The second-order valence-electron chi connectivity index (χ2n) is 7.18. The van der Waals surface area contributed by atoms with Crippen LogP contribution in [-0.2, 0) is 12.8 Å². The Morgan fingerprint density at radius 2 is 1.73 bits per heavy atom. The van der Waals surface area contributed by atoms with Crippen LogP contribution in [0.1, 0.15) is 48.2 Å². The van der Waals surface area contributed by atoms with Crippen molar-refractivity contribution < 1.29 is 4.79 Å². The summed E-state index contributed by atoms with van der Waals surface area (Å²) in [5.74, 6) is 0.917. The van der Waals surface area contributed by atoms with E-state index in [1.165, 1.54) is 30.4 Å². The van der Waals surface area contributed by atoms with Crippen LogP contribution in [0.15, 0.2) is 18.2 Å². The van der Waals surface area contributed by atoms with Gasteiger partial charge in [-0.2, -0.15) is 0 Å². The molecule has 120 valence electrons. The molecule has 1 aromatic rings. The minimum absolute atomic E-state index is 0.220. The molecule has 3 heteroatoms. The van der Waals surface area contributed by atoms with Crippen LogP contribution in [0.5, 0.6) is 0 Å². The fourth-order valence-corrected chi connectivity index (χ4v) is 3.70. The molecule has 1 amide bonds.